The third-order valence-electron chi connectivity index (χ3n) is 7.71. The second kappa shape index (κ2) is 8.23. The molecule has 0 saturated heterocycles. The van der Waals surface area contributed by atoms with E-state index in [9.17, 15) is 9.50 Å². The predicted octanol–water partition coefficient (Wildman–Crippen LogP) is 5.31. The van der Waals surface area contributed by atoms with Gasteiger partial charge < -0.3 is 10.8 Å². The van der Waals surface area contributed by atoms with Gasteiger partial charge in [-0.05, 0) is 85.6 Å². The Morgan fingerprint density at radius 2 is 1.88 bits per heavy atom. The van der Waals surface area contributed by atoms with Gasteiger partial charge in [0, 0.05) is 11.0 Å². The quantitative estimate of drug-likeness (QED) is 0.518. The van der Waals surface area contributed by atoms with Crippen molar-refractivity contribution in [3.05, 3.63) is 88.5 Å². The zero-order valence-electron chi connectivity index (χ0n) is 19.4. The Morgan fingerprint density at radius 3 is 2.58 bits per heavy atom. The number of hydrogen-bond donors (Lipinski definition) is 2. The van der Waals surface area contributed by atoms with Crippen molar-refractivity contribution in [2.75, 3.05) is 0 Å². The van der Waals surface area contributed by atoms with Crippen LogP contribution in [-0.2, 0) is 18.4 Å². The van der Waals surface area contributed by atoms with Crippen molar-refractivity contribution < 1.29 is 9.50 Å². The molecule has 2 atom stereocenters. The van der Waals surface area contributed by atoms with E-state index in [0.29, 0.717) is 6.42 Å². The Kier molecular flexibility index (Phi) is 5.50. The first-order valence-corrected chi connectivity index (χ1v) is 11.9. The van der Waals surface area contributed by atoms with Crippen LogP contribution in [0.3, 0.4) is 0 Å². The van der Waals surface area contributed by atoms with Crippen molar-refractivity contribution in [3.63, 3.8) is 0 Å². The van der Waals surface area contributed by atoms with Gasteiger partial charge >= 0.3 is 0 Å². The largest absolute Gasteiger partial charge is 0.392 e. The molecule has 1 aromatic heterocycles. The van der Waals surface area contributed by atoms with Gasteiger partial charge in [-0.3, -0.25) is 0 Å². The monoisotopic (exact) mass is 445 g/mol. The van der Waals surface area contributed by atoms with Crippen LogP contribution < -0.4 is 5.73 Å². The molecule has 5 heteroatoms. The number of aliphatic hydroxyl groups is 1. The number of aryl methyl sites for hydroxylation is 1. The molecule has 2 aliphatic rings. The number of nitrogens with zero attached hydrogens (tertiary/aromatic N) is 2. The highest BCUT2D eigenvalue weighted by Crippen LogP contribution is 2.46. The molecule has 2 aliphatic carbocycles. The van der Waals surface area contributed by atoms with E-state index in [4.69, 9.17) is 5.73 Å². The van der Waals surface area contributed by atoms with Crippen LogP contribution in [-0.4, -0.2) is 21.0 Å². The van der Waals surface area contributed by atoms with Gasteiger partial charge in [-0.1, -0.05) is 43.7 Å². The van der Waals surface area contributed by atoms with Gasteiger partial charge in [0.15, 0.2) is 0 Å². The summed E-state index contributed by atoms with van der Waals surface area (Å²) in [6.07, 6.45) is 8.72. The predicted molar refractivity (Wildman–Crippen MR) is 129 cm³/mol. The van der Waals surface area contributed by atoms with Crippen molar-refractivity contribution in [2.45, 2.75) is 64.0 Å². The second-order valence-electron chi connectivity index (χ2n) is 9.93. The van der Waals surface area contributed by atoms with Gasteiger partial charge in [-0.25, -0.2) is 9.07 Å². The third-order valence-corrected chi connectivity index (χ3v) is 7.71. The van der Waals surface area contributed by atoms with E-state index in [1.165, 1.54) is 28.8 Å². The van der Waals surface area contributed by atoms with E-state index < -0.39 is 6.10 Å². The van der Waals surface area contributed by atoms with Crippen molar-refractivity contribution in [3.8, 4) is 5.69 Å². The number of aromatic nitrogens is 2. The maximum Gasteiger partial charge on any atom is 0.123 e. The molecule has 0 radical (unpaired) electrons. The topological polar surface area (TPSA) is 64.1 Å². The number of benzene rings is 2. The molecule has 5 rings (SSSR count). The van der Waals surface area contributed by atoms with Crippen LogP contribution >= 0.6 is 0 Å². The lowest BCUT2D eigenvalue weighted by Gasteiger charge is -2.39. The average molecular weight is 446 g/mol. The molecule has 0 amide bonds. The molecule has 1 saturated carbocycles. The van der Waals surface area contributed by atoms with Crippen LogP contribution in [0.4, 0.5) is 4.39 Å². The van der Waals surface area contributed by atoms with Crippen LogP contribution in [0.25, 0.3) is 11.8 Å². The molecule has 3 aromatic rings. The maximum atomic E-state index is 13.4. The highest BCUT2D eigenvalue weighted by Gasteiger charge is 2.42. The van der Waals surface area contributed by atoms with Crippen molar-refractivity contribution in [1.82, 2.24) is 9.78 Å². The lowest BCUT2D eigenvalue weighted by molar-refractivity contribution is 0.0531. The van der Waals surface area contributed by atoms with Crippen LogP contribution in [0.1, 0.15) is 61.9 Å². The minimum atomic E-state index is -0.480. The van der Waals surface area contributed by atoms with E-state index in [-0.39, 0.29) is 16.8 Å². The maximum absolute atomic E-state index is 13.4. The summed E-state index contributed by atoms with van der Waals surface area (Å²) in [6.45, 7) is 4.31. The van der Waals surface area contributed by atoms with Gasteiger partial charge in [-0.2, -0.15) is 5.10 Å². The number of hydrogen-bond acceptors (Lipinski definition) is 3. The second-order valence-corrected chi connectivity index (χ2v) is 9.93. The van der Waals surface area contributed by atoms with Crippen molar-refractivity contribution >= 4 is 6.08 Å². The van der Waals surface area contributed by atoms with Crippen molar-refractivity contribution in [1.29, 1.82) is 0 Å². The fourth-order valence-corrected chi connectivity index (χ4v) is 5.39. The molecule has 1 unspecified atom stereocenters. The first-order chi connectivity index (χ1) is 15.8. The molecule has 172 valence electrons. The zero-order valence-corrected chi connectivity index (χ0v) is 19.4. The summed E-state index contributed by atoms with van der Waals surface area (Å²) in [4.78, 5) is 0. The molecule has 2 aromatic carbocycles. The lowest BCUT2D eigenvalue weighted by atomic mass is 9.67. The first-order valence-electron chi connectivity index (χ1n) is 11.9. The van der Waals surface area contributed by atoms with Gasteiger partial charge in [0.25, 0.3) is 0 Å². The summed E-state index contributed by atoms with van der Waals surface area (Å²) >= 11 is 0. The smallest absolute Gasteiger partial charge is 0.123 e. The minimum absolute atomic E-state index is 0.172. The number of fused-ring (bicyclic) bond motifs is 1. The average Bonchev–Trinajstić information content (AvgIpc) is 3.45. The zero-order chi connectivity index (χ0) is 23.2. The fourth-order valence-electron chi connectivity index (χ4n) is 5.39. The summed E-state index contributed by atoms with van der Waals surface area (Å²) in [5.41, 5.74) is 12.6. The van der Waals surface area contributed by atoms with Gasteiger partial charge in [0.2, 0.25) is 0 Å². The molecule has 0 aliphatic heterocycles. The SMILES string of the molecule is CCC1=Cc2c(cnn2-c2ccc(F)cc2)CC1(C)[C@@H](O)CCc1ccccc1C1(N)CC1. The van der Waals surface area contributed by atoms with Gasteiger partial charge in [0.1, 0.15) is 5.82 Å². The van der Waals surface area contributed by atoms with Crippen LogP contribution in [0.15, 0.2) is 60.3 Å². The molecule has 3 N–H and O–H groups in total. The number of aliphatic hydroxyl groups excluding tert-OH is 1. The molecular formula is C28H32FN3O. The Balaban J connectivity index is 1.39. The standard InChI is InChI=1S/C28H32FN3O/c1-3-21-16-25-20(18-31-32(25)23-11-9-22(29)10-12-23)17-27(21,2)26(33)13-8-19-6-4-5-7-24(19)28(30)14-15-28/h4-7,9-12,16,18,26,33H,3,8,13-15,17,30H2,1-2H3/t26-,27?/m0/s1. The highest BCUT2D eigenvalue weighted by atomic mass is 19.1. The van der Waals surface area contributed by atoms with Gasteiger partial charge in [-0.15, -0.1) is 0 Å². The Hall–Kier alpha value is -2.76. The number of rotatable bonds is 7. The summed E-state index contributed by atoms with van der Waals surface area (Å²) in [5, 5.41) is 16.0. The molecular weight excluding hydrogens is 413 g/mol. The summed E-state index contributed by atoms with van der Waals surface area (Å²) in [7, 11) is 0. The summed E-state index contributed by atoms with van der Waals surface area (Å²) < 4.78 is 15.3. The minimum Gasteiger partial charge on any atom is -0.392 e. The lowest BCUT2D eigenvalue weighted by Crippen LogP contribution is -2.38. The van der Waals surface area contributed by atoms with E-state index in [1.54, 1.807) is 12.1 Å². The van der Waals surface area contributed by atoms with Crippen molar-refractivity contribution in [2.24, 2.45) is 11.1 Å². The van der Waals surface area contributed by atoms with E-state index in [0.717, 1.165) is 49.0 Å². The first kappa shape index (κ1) is 22.1. The molecule has 0 bridgehead atoms. The third kappa shape index (κ3) is 3.94. The van der Waals surface area contributed by atoms with Crippen LogP contribution in [0.2, 0.25) is 0 Å². The normalized spacial score (nSPS) is 21.9. The summed E-state index contributed by atoms with van der Waals surface area (Å²) in [6, 6.07) is 14.8. The summed E-state index contributed by atoms with van der Waals surface area (Å²) in [5.74, 6) is -0.260. The molecule has 4 nitrogen and oxygen atoms in total. The van der Waals surface area contributed by atoms with Crippen LogP contribution in [0.5, 0.6) is 0 Å². The Bertz CT molecular complexity index is 1190. The fraction of sp³-hybridized carbons (Fsp3) is 0.393. The number of halogens is 1. The van der Waals surface area contributed by atoms with E-state index in [1.807, 2.05) is 10.9 Å². The number of nitrogens with two attached hydrogens (primary N) is 1. The van der Waals surface area contributed by atoms with E-state index in [2.05, 4.69) is 49.3 Å². The van der Waals surface area contributed by atoms with Crippen LogP contribution in [0, 0.1) is 11.2 Å². The molecule has 1 heterocycles. The molecule has 1 fully saturated rings. The Morgan fingerprint density at radius 1 is 1.15 bits per heavy atom. The van der Waals surface area contributed by atoms with Gasteiger partial charge in [0.05, 0.1) is 23.7 Å². The van der Waals surface area contributed by atoms with E-state index >= 15 is 0 Å². The molecule has 0 spiro atoms. The highest BCUT2D eigenvalue weighted by molar-refractivity contribution is 5.61. The Labute approximate surface area is 194 Å². The molecule has 33 heavy (non-hydrogen) atoms.